The molecule has 0 saturated heterocycles. The molecule has 0 bridgehead atoms. The van der Waals surface area contributed by atoms with E-state index >= 15 is 0 Å². The zero-order valence-corrected chi connectivity index (χ0v) is 10.1. The van der Waals surface area contributed by atoms with E-state index in [9.17, 15) is 0 Å². The van der Waals surface area contributed by atoms with Crippen molar-refractivity contribution in [3.05, 3.63) is 23.5 Å². The van der Waals surface area contributed by atoms with Gasteiger partial charge in [-0.2, -0.15) is 0 Å². The van der Waals surface area contributed by atoms with Gasteiger partial charge < -0.3 is 5.73 Å². The van der Waals surface area contributed by atoms with Gasteiger partial charge in [0.1, 0.15) is 0 Å². The SMILES string of the molecule is CCCCCc1cnc(C(C)C)c(N)c1. The number of nitrogens with two attached hydrogens (primary N) is 1. The summed E-state index contributed by atoms with van der Waals surface area (Å²) < 4.78 is 0. The summed E-state index contributed by atoms with van der Waals surface area (Å²) in [6.07, 6.45) is 6.85. The van der Waals surface area contributed by atoms with Crippen LogP contribution in [-0.4, -0.2) is 4.98 Å². The van der Waals surface area contributed by atoms with Crippen LogP contribution in [0.25, 0.3) is 0 Å². The Morgan fingerprint density at radius 1 is 1.33 bits per heavy atom. The summed E-state index contributed by atoms with van der Waals surface area (Å²) in [5, 5.41) is 0. The van der Waals surface area contributed by atoms with Gasteiger partial charge in [-0.05, 0) is 30.4 Å². The van der Waals surface area contributed by atoms with Gasteiger partial charge in [-0.25, -0.2) is 0 Å². The van der Waals surface area contributed by atoms with Gasteiger partial charge >= 0.3 is 0 Å². The molecule has 2 heteroatoms. The van der Waals surface area contributed by atoms with Crippen LogP contribution in [0.3, 0.4) is 0 Å². The van der Waals surface area contributed by atoms with Crippen LogP contribution >= 0.6 is 0 Å². The Hall–Kier alpha value is -1.05. The molecule has 2 nitrogen and oxygen atoms in total. The fraction of sp³-hybridized carbons (Fsp3) is 0.615. The highest BCUT2D eigenvalue weighted by Gasteiger charge is 2.06. The molecule has 2 N–H and O–H groups in total. The first-order chi connectivity index (χ1) is 7.15. The average Bonchev–Trinajstić information content (AvgIpc) is 2.17. The van der Waals surface area contributed by atoms with Crippen molar-refractivity contribution in [3.63, 3.8) is 0 Å². The third-order valence-electron chi connectivity index (χ3n) is 2.62. The van der Waals surface area contributed by atoms with Crippen LogP contribution in [0.2, 0.25) is 0 Å². The van der Waals surface area contributed by atoms with E-state index in [2.05, 4.69) is 31.8 Å². The Bertz CT molecular complexity index is 305. The van der Waals surface area contributed by atoms with E-state index in [1.807, 2.05) is 6.20 Å². The molecule has 0 radical (unpaired) electrons. The Labute approximate surface area is 92.9 Å². The number of hydrogen-bond donors (Lipinski definition) is 1. The monoisotopic (exact) mass is 206 g/mol. The summed E-state index contributed by atoms with van der Waals surface area (Å²) >= 11 is 0. The van der Waals surface area contributed by atoms with Gasteiger partial charge in [0.2, 0.25) is 0 Å². The highest BCUT2D eigenvalue weighted by atomic mass is 14.7. The number of aromatic nitrogens is 1. The smallest absolute Gasteiger partial charge is 0.0658 e. The maximum atomic E-state index is 5.96. The molecule has 0 saturated carbocycles. The quantitative estimate of drug-likeness (QED) is 0.749. The maximum absolute atomic E-state index is 5.96. The minimum absolute atomic E-state index is 0.412. The summed E-state index contributed by atoms with van der Waals surface area (Å²) in [6.45, 7) is 6.46. The highest BCUT2D eigenvalue weighted by Crippen LogP contribution is 2.20. The molecule has 0 atom stereocenters. The van der Waals surface area contributed by atoms with Crippen LogP contribution in [-0.2, 0) is 6.42 Å². The second-order valence-corrected chi connectivity index (χ2v) is 4.43. The molecule has 15 heavy (non-hydrogen) atoms. The molecule has 1 heterocycles. The van der Waals surface area contributed by atoms with Crippen molar-refractivity contribution >= 4 is 5.69 Å². The number of aryl methyl sites for hydroxylation is 1. The number of hydrogen-bond acceptors (Lipinski definition) is 2. The summed E-state index contributed by atoms with van der Waals surface area (Å²) in [5.41, 5.74) is 9.10. The van der Waals surface area contributed by atoms with Crippen LogP contribution in [0.5, 0.6) is 0 Å². The van der Waals surface area contributed by atoms with E-state index in [1.54, 1.807) is 0 Å². The summed E-state index contributed by atoms with van der Waals surface area (Å²) in [4.78, 5) is 4.43. The van der Waals surface area contributed by atoms with Crippen LogP contribution in [0.1, 0.15) is 57.2 Å². The molecule has 0 amide bonds. The zero-order valence-electron chi connectivity index (χ0n) is 10.1. The van der Waals surface area contributed by atoms with E-state index in [0.717, 1.165) is 17.8 Å². The van der Waals surface area contributed by atoms with Gasteiger partial charge in [0.15, 0.2) is 0 Å². The van der Waals surface area contributed by atoms with E-state index in [-0.39, 0.29) is 0 Å². The number of pyridine rings is 1. The van der Waals surface area contributed by atoms with E-state index in [4.69, 9.17) is 5.73 Å². The lowest BCUT2D eigenvalue weighted by molar-refractivity contribution is 0.714. The number of unbranched alkanes of at least 4 members (excludes halogenated alkanes) is 2. The Kier molecular flexibility index (Phi) is 4.60. The van der Waals surface area contributed by atoms with Gasteiger partial charge in [0, 0.05) is 6.20 Å². The summed E-state index contributed by atoms with van der Waals surface area (Å²) in [7, 11) is 0. The molecule has 0 fully saturated rings. The van der Waals surface area contributed by atoms with Crippen molar-refractivity contribution in [2.45, 2.75) is 52.4 Å². The van der Waals surface area contributed by atoms with Crippen LogP contribution < -0.4 is 5.73 Å². The van der Waals surface area contributed by atoms with E-state index in [0.29, 0.717) is 5.92 Å². The maximum Gasteiger partial charge on any atom is 0.0658 e. The van der Waals surface area contributed by atoms with Crippen molar-refractivity contribution in [1.29, 1.82) is 0 Å². The lowest BCUT2D eigenvalue weighted by atomic mass is 10.0. The number of nitrogens with zero attached hydrogens (tertiary/aromatic N) is 1. The fourth-order valence-corrected chi connectivity index (χ4v) is 1.74. The van der Waals surface area contributed by atoms with Crippen LogP contribution in [0.4, 0.5) is 5.69 Å². The summed E-state index contributed by atoms with van der Waals surface area (Å²) in [6, 6.07) is 2.08. The van der Waals surface area contributed by atoms with Crippen molar-refractivity contribution in [2.75, 3.05) is 5.73 Å². The lowest BCUT2D eigenvalue weighted by Gasteiger charge is -2.09. The highest BCUT2D eigenvalue weighted by molar-refractivity contribution is 5.46. The first-order valence-electron chi connectivity index (χ1n) is 5.89. The molecule has 1 aromatic rings. The molecule has 0 aliphatic carbocycles. The van der Waals surface area contributed by atoms with Gasteiger partial charge in [-0.1, -0.05) is 33.6 Å². The molecular weight excluding hydrogens is 184 g/mol. The van der Waals surface area contributed by atoms with E-state index < -0.39 is 0 Å². The lowest BCUT2D eigenvalue weighted by Crippen LogP contribution is -2.01. The first kappa shape index (κ1) is 12.0. The molecule has 0 aliphatic heterocycles. The first-order valence-corrected chi connectivity index (χ1v) is 5.89. The number of anilines is 1. The fourth-order valence-electron chi connectivity index (χ4n) is 1.74. The molecule has 0 unspecified atom stereocenters. The Morgan fingerprint density at radius 2 is 2.07 bits per heavy atom. The largest absolute Gasteiger partial charge is 0.397 e. The molecule has 0 spiro atoms. The minimum Gasteiger partial charge on any atom is -0.397 e. The number of nitrogen functional groups attached to an aromatic ring is 1. The van der Waals surface area contributed by atoms with Gasteiger partial charge in [0.05, 0.1) is 11.4 Å². The van der Waals surface area contributed by atoms with Gasteiger partial charge in [0.25, 0.3) is 0 Å². The second kappa shape index (κ2) is 5.74. The molecule has 1 aromatic heterocycles. The van der Waals surface area contributed by atoms with Crippen molar-refractivity contribution < 1.29 is 0 Å². The Balaban J connectivity index is 2.65. The van der Waals surface area contributed by atoms with E-state index in [1.165, 1.54) is 24.8 Å². The zero-order chi connectivity index (χ0) is 11.3. The third-order valence-corrected chi connectivity index (χ3v) is 2.62. The molecule has 0 aliphatic rings. The standard InChI is InChI=1S/C13H22N2/c1-4-5-6-7-11-8-12(14)13(10(2)3)15-9-11/h8-10H,4-7,14H2,1-3H3. The normalized spacial score (nSPS) is 10.9. The van der Waals surface area contributed by atoms with Crippen molar-refractivity contribution in [3.8, 4) is 0 Å². The van der Waals surface area contributed by atoms with Gasteiger partial charge in [-0.3, -0.25) is 4.98 Å². The average molecular weight is 206 g/mol. The minimum atomic E-state index is 0.412. The molecule has 84 valence electrons. The van der Waals surface area contributed by atoms with Crippen molar-refractivity contribution in [1.82, 2.24) is 4.98 Å². The predicted octanol–water partition coefficient (Wildman–Crippen LogP) is 3.52. The summed E-state index contributed by atoms with van der Waals surface area (Å²) in [5.74, 6) is 0.412. The predicted molar refractivity (Wildman–Crippen MR) is 66.0 cm³/mol. The molecular formula is C13H22N2. The molecule has 0 aromatic carbocycles. The van der Waals surface area contributed by atoms with Crippen LogP contribution in [0.15, 0.2) is 12.3 Å². The van der Waals surface area contributed by atoms with Crippen LogP contribution in [0, 0.1) is 0 Å². The molecule has 1 rings (SSSR count). The van der Waals surface area contributed by atoms with Crippen molar-refractivity contribution in [2.24, 2.45) is 0 Å². The number of rotatable bonds is 5. The third kappa shape index (κ3) is 3.54. The topological polar surface area (TPSA) is 38.9 Å². The second-order valence-electron chi connectivity index (χ2n) is 4.43. The Morgan fingerprint density at radius 3 is 2.60 bits per heavy atom. The van der Waals surface area contributed by atoms with Gasteiger partial charge in [-0.15, -0.1) is 0 Å².